The Morgan fingerprint density at radius 2 is 1.75 bits per heavy atom. The highest BCUT2D eigenvalue weighted by molar-refractivity contribution is 7.89. The summed E-state index contributed by atoms with van der Waals surface area (Å²) in [7, 11) is -3.54. The minimum Gasteiger partial charge on any atom is -0.211 e. The van der Waals surface area contributed by atoms with Crippen molar-refractivity contribution >= 4 is 44.8 Å². The van der Waals surface area contributed by atoms with Gasteiger partial charge in [0.05, 0.1) is 14.9 Å². The van der Waals surface area contributed by atoms with Crippen LogP contribution in [-0.4, -0.2) is 20.3 Å². The smallest absolute Gasteiger partial charge is 0.211 e. The molecule has 0 amide bonds. The molecule has 112 valence electrons. The van der Waals surface area contributed by atoms with Crippen LogP contribution in [-0.2, 0) is 10.0 Å². The third-order valence-corrected chi connectivity index (χ3v) is 6.14. The highest BCUT2D eigenvalue weighted by atomic mass is 35.5. The molecule has 1 aromatic rings. The molecule has 0 unspecified atom stereocenters. The van der Waals surface area contributed by atoms with Gasteiger partial charge in [-0.1, -0.05) is 23.2 Å². The molecular formula is C13H16Cl3NO2S. The topological polar surface area (TPSA) is 46.2 Å². The van der Waals surface area contributed by atoms with Gasteiger partial charge in [-0.25, -0.2) is 13.1 Å². The van der Waals surface area contributed by atoms with E-state index in [2.05, 4.69) is 4.72 Å². The Bertz CT molecular complexity index is 569. The van der Waals surface area contributed by atoms with Gasteiger partial charge in [0.25, 0.3) is 0 Å². The number of hydrogen-bond donors (Lipinski definition) is 1. The molecule has 1 saturated carbocycles. The van der Waals surface area contributed by atoms with Crippen LogP contribution in [0.2, 0.25) is 10.0 Å². The lowest BCUT2D eigenvalue weighted by Crippen LogP contribution is -2.31. The molecule has 1 aliphatic rings. The van der Waals surface area contributed by atoms with Crippen molar-refractivity contribution in [2.75, 3.05) is 6.54 Å². The summed E-state index contributed by atoms with van der Waals surface area (Å²) in [5.74, 6) is 0.350. The summed E-state index contributed by atoms with van der Waals surface area (Å²) < 4.78 is 27.0. The number of hydrogen-bond acceptors (Lipinski definition) is 2. The zero-order chi connectivity index (χ0) is 14.8. The third kappa shape index (κ3) is 4.25. The molecule has 0 bridgehead atoms. The van der Waals surface area contributed by atoms with Crippen LogP contribution in [0.3, 0.4) is 0 Å². The maximum absolute atomic E-state index is 12.2. The summed E-state index contributed by atoms with van der Waals surface area (Å²) >= 11 is 17.7. The van der Waals surface area contributed by atoms with Gasteiger partial charge in [0.1, 0.15) is 0 Å². The minimum atomic E-state index is -3.54. The van der Waals surface area contributed by atoms with E-state index in [0.717, 1.165) is 25.7 Å². The quantitative estimate of drug-likeness (QED) is 0.827. The van der Waals surface area contributed by atoms with E-state index >= 15 is 0 Å². The zero-order valence-electron chi connectivity index (χ0n) is 10.8. The Balaban J connectivity index is 1.98. The lowest BCUT2D eigenvalue weighted by molar-refractivity contribution is 0.361. The summed E-state index contributed by atoms with van der Waals surface area (Å²) in [4.78, 5) is 0.137. The van der Waals surface area contributed by atoms with Gasteiger partial charge in [0.15, 0.2) is 0 Å². The van der Waals surface area contributed by atoms with Crippen LogP contribution in [0.4, 0.5) is 0 Å². The molecule has 1 aliphatic carbocycles. The average Bonchev–Trinajstić information content (AvgIpc) is 2.41. The molecule has 1 N–H and O–H groups in total. The van der Waals surface area contributed by atoms with Crippen LogP contribution in [0.25, 0.3) is 0 Å². The second-order valence-corrected chi connectivity index (χ2v) is 8.24. The highest BCUT2D eigenvalue weighted by Gasteiger charge is 2.22. The second kappa shape index (κ2) is 6.84. The lowest BCUT2D eigenvalue weighted by Gasteiger charge is -2.25. The molecule has 1 aromatic carbocycles. The van der Waals surface area contributed by atoms with Gasteiger partial charge in [-0.2, -0.15) is 0 Å². The maximum Gasteiger partial charge on any atom is 0.240 e. The molecular weight excluding hydrogens is 341 g/mol. The maximum atomic E-state index is 12.2. The molecule has 3 nitrogen and oxygen atoms in total. The van der Waals surface area contributed by atoms with Gasteiger partial charge >= 0.3 is 0 Å². The summed E-state index contributed by atoms with van der Waals surface area (Å²) in [6.45, 7) is 0.437. The van der Waals surface area contributed by atoms with E-state index < -0.39 is 10.0 Å². The zero-order valence-corrected chi connectivity index (χ0v) is 13.9. The van der Waals surface area contributed by atoms with Gasteiger partial charge in [-0.3, -0.25) is 0 Å². The van der Waals surface area contributed by atoms with Crippen molar-refractivity contribution in [3.8, 4) is 0 Å². The van der Waals surface area contributed by atoms with Crippen molar-refractivity contribution in [3.63, 3.8) is 0 Å². The van der Waals surface area contributed by atoms with E-state index in [1.165, 1.54) is 18.2 Å². The predicted molar refractivity (Wildman–Crippen MR) is 83.2 cm³/mol. The van der Waals surface area contributed by atoms with Gasteiger partial charge in [0.2, 0.25) is 10.0 Å². The number of alkyl halides is 1. The standard InChI is InChI=1S/C13H16Cl3NO2S/c14-10-3-1-9(2-4-10)8-17-20(18,19)11-5-6-12(15)13(16)7-11/h5-7,9-10,17H,1-4,8H2. The Morgan fingerprint density at radius 3 is 2.35 bits per heavy atom. The van der Waals surface area contributed by atoms with Crippen molar-refractivity contribution in [1.82, 2.24) is 4.72 Å². The summed E-state index contributed by atoms with van der Waals surface area (Å²) in [5, 5.41) is 0.807. The molecule has 0 aliphatic heterocycles. The van der Waals surface area contributed by atoms with Crippen LogP contribution >= 0.6 is 34.8 Å². The first kappa shape index (κ1) is 16.4. The minimum absolute atomic E-state index is 0.137. The first-order valence-electron chi connectivity index (χ1n) is 6.47. The van der Waals surface area contributed by atoms with Crippen LogP contribution in [0.15, 0.2) is 23.1 Å². The Kier molecular flexibility index (Phi) is 5.60. The van der Waals surface area contributed by atoms with Crippen molar-refractivity contribution in [3.05, 3.63) is 28.2 Å². The van der Waals surface area contributed by atoms with E-state index in [4.69, 9.17) is 34.8 Å². The molecule has 0 aromatic heterocycles. The van der Waals surface area contributed by atoms with Crippen LogP contribution in [0.1, 0.15) is 25.7 Å². The SMILES string of the molecule is O=S(=O)(NCC1CCC(Cl)CC1)c1ccc(Cl)c(Cl)c1. The Morgan fingerprint density at radius 1 is 1.10 bits per heavy atom. The van der Waals surface area contributed by atoms with Crippen LogP contribution < -0.4 is 4.72 Å². The molecule has 0 saturated heterocycles. The van der Waals surface area contributed by atoms with Gasteiger partial charge in [-0.15, -0.1) is 11.6 Å². The van der Waals surface area contributed by atoms with E-state index in [0.29, 0.717) is 17.5 Å². The fourth-order valence-corrected chi connectivity index (χ4v) is 4.04. The molecule has 7 heteroatoms. The fourth-order valence-electron chi connectivity index (χ4n) is 2.28. The first-order valence-corrected chi connectivity index (χ1v) is 9.15. The van der Waals surface area contributed by atoms with Crippen molar-refractivity contribution in [2.45, 2.75) is 36.0 Å². The summed E-state index contributed by atoms with van der Waals surface area (Å²) in [5.41, 5.74) is 0. The van der Waals surface area contributed by atoms with Crippen LogP contribution in [0.5, 0.6) is 0 Å². The van der Waals surface area contributed by atoms with Gasteiger partial charge in [0, 0.05) is 11.9 Å². The number of sulfonamides is 1. The second-order valence-electron chi connectivity index (χ2n) is 5.05. The molecule has 0 atom stereocenters. The lowest BCUT2D eigenvalue weighted by atomic mass is 9.89. The number of nitrogens with one attached hydrogen (secondary N) is 1. The van der Waals surface area contributed by atoms with Gasteiger partial charge < -0.3 is 0 Å². The first-order chi connectivity index (χ1) is 9.38. The molecule has 0 spiro atoms. The molecule has 1 fully saturated rings. The van der Waals surface area contributed by atoms with Crippen LogP contribution in [0, 0.1) is 5.92 Å². The molecule has 0 radical (unpaired) electrons. The average molecular weight is 357 g/mol. The molecule has 0 heterocycles. The molecule has 20 heavy (non-hydrogen) atoms. The highest BCUT2D eigenvalue weighted by Crippen LogP contribution is 2.28. The normalized spacial score (nSPS) is 23.8. The van der Waals surface area contributed by atoms with Crippen molar-refractivity contribution in [1.29, 1.82) is 0 Å². The van der Waals surface area contributed by atoms with Crippen molar-refractivity contribution in [2.24, 2.45) is 5.92 Å². The Hall–Kier alpha value is -0.000000000000000111. The number of benzene rings is 1. The van der Waals surface area contributed by atoms with E-state index in [9.17, 15) is 8.42 Å². The van der Waals surface area contributed by atoms with E-state index in [-0.39, 0.29) is 15.3 Å². The number of halogens is 3. The summed E-state index contributed by atoms with van der Waals surface area (Å²) in [6.07, 6.45) is 3.80. The monoisotopic (exact) mass is 355 g/mol. The van der Waals surface area contributed by atoms with Crippen molar-refractivity contribution < 1.29 is 8.42 Å². The largest absolute Gasteiger partial charge is 0.240 e. The Labute approximate surface area is 134 Å². The molecule has 2 rings (SSSR count). The fraction of sp³-hybridized carbons (Fsp3) is 0.538. The van der Waals surface area contributed by atoms with Gasteiger partial charge in [-0.05, 0) is 49.8 Å². The summed E-state index contributed by atoms with van der Waals surface area (Å²) in [6, 6.07) is 4.30. The van der Waals surface area contributed by atoms with E-state index in [1.807, 2.05) is 0 Å². The van der Waals surface area contributed by atoms with E-state index in [1.54, 1.807) is 0 Å². The third-order valence-electron chi connectivity index (χ3n) is 3.54. The number of rotatable bonds is 4. The predicted octanol–water partition coefficient (Wildman–Crippen LogP) is 4.07.